The van der Waals surface area contributed by atoms with Gasteiger partial charge in [0.2, 0.25) is 0 Å². The Morgan fingerprint density at radius 2 is 1.03 bits per heavy atom. The number of halogens is 2. The van der Waals surface area contributed by atoms with E-state index in [1.165, 1.54) is 0 Å². The van der Waals surface area contributed by atoms with Crippen LogP contribution in [0.3, 0.4) is 0 Å². The van der Waals surface area contributed by atoms with E-state index < -0.39 is 30.5 Å². The summed E-state index contributed by atoms with van der Waals surface area (Å²) >= 11 is 13.8. The van der Waals surface area contributed by atoms with Crippen molar-refractivity contribution in [2.24, 2.45) is 0 Å². The molecule has 0 saturated carbocycles. The summed E-state index contributed by atoms with van der Waals surface area (Å²) in [6.45, 7) is 4.29. The third-order valence-corrected chi connectivity index (χ3v) is 10.9. The molecule has 6 aromatic carbocycles. The molecule has 1 heterocycles. The fourth-order valence-corrected chi connectivity index (χ4v) is 7.81. The third-order valence-electron chi connectivity index (χ3n) is 10.3. The molecule has 300 valence electrons. The van der Waals surface area contributed by atoms with Gasteiger partial charge in [0.05, 0.1) is 39.6 Å². The van der Waals surface area contributed by atoms with E-state index in [1.807, 2.05) is 97.9 Å². The maximum Gasteiger partial charge on any atom is 0.119 e. The van der Waals surface area contributed by atoms with Crippen LogP contribution in [0.5, 0.6) is 5.75 Å². The lowest BCUT2D eigenvalue weighted by atomic mass is 9.87. The van der Waals surface area contributed by atoms with Crippen molar-refractivity contribution in [2.75, 3.05) is 13.2 Å². The van der Waals surface area contributed by atoms with Gasteiger partial charge < -0.3 is 28.4 Å². The Labute approximate surface area is 352 Å². The minimum atomic E-state index is -0.614. The summed E-state index contributed by atoms with van der Waals surface area (Å²) in [6, 6.07) is 52.8. The zero-order valence-electron chi connectivity index (χ0n) is 32.8. The molecule has 0 spiro atoms. The van der Waals surface area contributed by atoms with Gasteiger partial charge in [0.15, 0.2) is 0 Å². The Kier molecular flexibility index (Phi) is 15.4. The summed E-state index contributed by atoms with van der Waals surface area (Å²) in [5.41, 5.74) is 7.97. The van der Waals surface area contributed by atoms with Gasteiger partial charge in [0.1, 0.15) is 36.3 Å². The highest BCUT2D eigenvalue weighted by Crippen LogP contribution is 2.42. The van der Waals surface area contributed by atoms with E-state index >= 15 is 0 Å². The van der Waals surface area contributed by atoms with Gasteiger partial charge in [-0.15, -0.1) is 11.6 Å². The molecule has 0 bridgehead atoms. The van der Waals surface area contributed by atoms with Gasteiger partial charge >= 0.3 is 0 Å². The number of alkyl halides is 1. The van der Waals surface area contributed by atoms with Crippen LogP contribution >= 0.6 is 23.2 Å². The van der Waals surface area contributed by atoms with Crippen molar-refractivity contribution in [3.63, 3.8) is 0 Å². The molecule has 1 aliphatic rings. The Balaban J connectivity index is 1.29. The van der Waals surface area contributed by atoms with Gasteiger partial charge in [-0.25, -0.2) is 0 Å². The highest BCUT2D eigenvalue weighted by molar-refractivity contribution is 6.31. The molecule has 0 amide bonds. The molecule has 0 radical (unpaired) electrons. The second kappa shape index (κ2) is 21.5. The summed E-state index contributed by atoms with van der Waals surface area (Å²) in [6.07, 6.45) is -2.31. The molecule has 1 saturated heterocycles. The molecule has 0 unspecified atom stereocenters. The van der Waals surface area contributed by atoms with E-state index in [9.17, 15) is 0 Å². The van der Waals surface area contributed by atoms with Crippen LogP contribution in [0.15, 0.2) is 158 Å². The maximum absolute atomic E-state index is 7.25. The number of rotatable bonds is 19. The molecule has 0 N–H and O–H groups in total. The van der Waals surface area contributed by atoms with Crippen LogP contribution in [-0.2, 0) is 62.4 Å². The van der Waals surface area contributed by atoms with Crippen molar-refractivity contribution in [2.45, 2.75) is 76.2 Å². The molecule has 6 aromatic rings. The standard InChI is InChI=1S/C50H50Cl2O6/c1-2-54-43-25-23-36(24-26-43)27-41-28-44(42(30-51)29-45(41)52)47-49(56-33-39-19-11-5-12-20-39)50(57-34-40-21-13-6-14-22-40)48(55-32-38-17-9-4-10-18-38)46(58-47)35-53-31-37-15-7-3-8-16-37/h3-26,28-29,46-50H,2,27,30-35H2,1H3/t46-,47+,48-,49+,50+/m1/s1. The first kappa shape index (κ1) is 41.7. The predicted molar refractivity (Wildman–Crippen MR) is 230 cm³/mol. The molecule has 0 aliphatic carbocycles. The molecule has 1 fully saturated rings. The van der Waals surface area contributed by atoms with E-state index in [2.05, 4.69) is 66.7 Å². The molecule has 0 aromatic heterocycles. The topological polar surface area (TPSA) is 55.4 Å². The summed E-state index contributed by atoms with van der Waals surface area (Å²) in [4.78, 5) is 0. The van der Waals surface area contributed by atoms with Gasteiger partial charge in [-0.3, -0.25) is 0 Å². The third kappa shape index (κ3) is 11.4. The maximum atomic E-state index is 7.25. The Bertz CT molecular complexity index is 2100. The average molecular weight is 818 g/mol. The summed E-state index contributed by atoms with van der Waals surface area (Å²) < 4.78 is 40.3. The number of hydrogen-bond donors (Lipinski definition) is 0. The Hall–Kier alpha value is -4.50. The van der Waals surface area contributed by atoms with Crippen molar-refractivity contribution in [1.29, 1.82) is 0 Å². The largest absolute Gasteiger partial charge is 0.494 e. The molecule has 58 heavy (non-hydrogen) atoms. The molecular formula is C50H50Cl2O6. The zero-order valence-corrected chi connectivity index (χ0v) is 34.3. The lowest BCUT2D eigenvalue weighted by Gasteiger charge is -2.47. The Morgan fingerprint density at radius 3 is 1.55 bits per heavy atom. The number of ether oxygens (including phenoxy) is 6. The van der Waals surface area contributed by atoms with Crippen molar-refractivity contribution in [1.82, 2.24) is 0 Å². The van der Waals surface area contributed by atoms with E-state index in [0.717, 1.165) is 50.3 Å². The fraction of sp³-hybridized carbons (Fsp3) is 0.280. The van der Waals surface area contributed by atoms with Crippen LogP contribution in [0.1, 0.15) is 57.5 Å². The quantitative estimate of drug-likeness (QED) is 0.0759. The molecular weight excluding hydrogens is 767 g/mol. The first-order valence-corrected chi connectivity index (χ1v) is 20.8. The van der Waals surface area contributed by atoms with Gasteiger partial charge in [-0.05, 0) is 76.1 Å². The lowest BCUT2D eigenvalue weighted by Crippen LogP contribution is -2.58. The van der Waals surface area contributed by atoms with Gasteiger partial charge in [-0.2, -0.15) is 0 Å². The minimum absolute atomic E-state index is 0.225. The van der Waals surface area contributed by atoms with Crippen molar-refractivity contribution >= 4 is 23.2 Å². The van der Waals surface area contributed by atoms with E-state index in [4.69, 9.17) is 51.6 Å². The highest BCUT2D eigenvalue weighted by atomic mass is 35.5. The zero-order chi connectivity index (χ0) is 39.9. The normalized spacial score (nSPS) is 19.2. The van der Waals surface area contributed by atoms with Crippen LogP contribution in [0.4, 0.5) is 0 Å². The van der Waals surface area contributed by atoms with Gasteiger partial charge in [0.25, 0.3) is 0 Å². The predicted octanol–water partition coefficient (Wildman–Crippen LogP) is 11.5. The second-order valence-electron chi connectivity index (χ2n) is 14.4. The molecule has 1 aliphatic heterocycles. The molecule has 5 atom stereocenters. The lowest BCUT2D eigenvalue weighted by molar-refractivity contribution is -0.275. The fourth-order valence-electron chi connectivity index (χ4n) is 7.32. The highest BCUT2D eigenvalue weighted by Gasteiger charge is 2.49. The van der Waals surface area contributed by atoms with Crippen LogP contribution < -0.4 is 4.74 Å². The first-order valence-electron chi connectivity index (χ1n) is 19.9. The van der Waals surface area contributed by atoms with Crippen LogP contribution in [-0.4, -0.2) is 37.6 Å². The average Bonchev–Trinajstić information content (AvgIpc) is 3.27. The van der Waals surface area contributed by atoms with Crippen molar-refractivity contribution < 1.29 is 28.4 Å². The Morgan fingerprint density at radius 1 is 0.534 bits per heavy atom. The molecule has 8 heteroatoms. The van der Waals surface area contributed by atoms with E-state index in [0.29, 0.717) is 44.5 Å². The summed E-state index contributed by atoms with van der Waals surface area (Å²) in [5.74, 6) is 1.05. The molecule has 7 rings (SSSR count). The monoisotopic (exact) mass is 816 g/mol. The minimum Gasteiger partial charge on any atom is -0.494 e. The van der Waals surface area contributed by atoms with Gasteiger partial charge in [0, 0.05) is 10.9 Å². The second-order valence-corrected chi connectivity index (χ2v) is 15.1. The van der Waals surface area contributed by atoms with E-state index in [-0.39, 0.29) is 12.5 Å². The van der Waals surface area contributed by atoms with Crippen molar-refractivity contribution in [3.8, 4) is 5.75 Å². The van der Waals surface area contributed by atoms with E-state index in [1.54, 1.807) is 0 Å². The van der Waals surface area contributed by atoms with Gasteiger partial charge in [-0.1, -0.05) is 151 Å². The van der Waals surface area contributed by atoms with Crippen LogP contribution in [0, 0.1) is 0 Å². The number of benzene rings is 6. The smallest absolute Gasteiger partial charge is 0.119 e. The van der Waals surface area contributed by atoms with Crippen molar-refractivity contribution in [3.05, 3.63) is 207 Å². The summed E-state index contributed by atoms with van der Waals surface area (Å²) in [7, 11) is 0. The SMILES string of the molecule is CCOc1ccc(Cc2cc([C@@H]3O[C@H](COCc4ccccc4)[C@@H](OCc4ccccc4)[C@H](OCc4ccccc4)[C@H]3OCc3ccccc3)c(CCl)cc2Cl)cc1. The molecule has 6 nitrogen and oxygen atoms in total. The summed E-state index contributed by atoms with van der Waals surface area (Å²) in [5, 5.41) is 0.634. The first-order chi connectivity index (χ1) is 28.6. The van der Waals surface area contributed by atoms with Crippen LogP contribution in [0.2, 0.25) is 5.02 Å². The van der Waals surface area contributed by atoms with Crippen LogP contribution in [0.25, 0.3) is 0 Å². The number of hydrogen-bond acceptors (Lipinski definition) is 6.